The molecule has 1 aromatic carbocycles. The average Bonchev–Trinajstić information content (AvgIpc) is 3.04. The van der Waals surface area contributed by atoms with Gasteiger partial charge in [-0.2, -0.15) is 8.42 Å². The van der Waals surface area contributed by atoms with Crippen LogP contribution in [0.1, 0.15) is 25.3 Å². The summed E-state index contributed by atoms with van der Waals surface area (Å²) in [6, 6.07) is 9.22. The van der Waals surface area contributed by atoms with Crippen molar-refractivity contribution in [1.82, 2.24) is 4.57 Å². The number of fused-ring (bicyclic) bond motifs is 1. The number of aryl methyl sites for hydroxylation is 1. The Balaban J connectivity index is 2.18. The summed E-state index contributed by atoms with van der Waals surface area (Å²) < 4.78 is 32.2. The minimum Gasteiger partial charge on any atom is -0.319 e. The number of thiophene rings is 1. The van der Waals surface area contributed by atoms with Gasteiger partial charge in [-0.25, -0.2) is 0 Å². The van der Waals surface area contributed by atoms with Gasteiger partial charge in [-0.1, -0.05) is 42.9 Å². The molecule has 0 radical (unpaired) electrons. The van der Waals surface area contributed by atoms with Gasteiger partial charge in [0.25, 0.3) is 10.0 Å². The van der Waals surface area contributed by atoms with Crippen molar-refractivity contribution in [2.75, 3.05) is 0 Å². The minimum atomic E-state index is -3.74. The van der Waals surface area contributed by atoms with E-state index in [0.717, 1.165) is 21.6 Å². The first kappa shape index (κ1) is 16.7. The molecule has 0 unspecified atom stereocenters. The van der Waals surface area contributed by atoms with Gasteiger partial charge in [0.1, 0.15) is 4.21 Å². The fraction of sp³-hybridized carbons (Fsp3) is 0.267. The van der Waals surface area contributed by atoms with Crippen LogP contribution in [-0.4, -0.2) is 13.0 Å². The third-order valence-electron chi connectivity index (χ3n) is 3.50. The zero-order valence-electron chi connectivity index (χ0n) is 12.8. The summed E-state index contributed by atoms with van der Waals surface area (Å²) in [6.45, 7) is 4.26. The van der Waals surface area contributed by atoms with Crippen LogP contribution in [0.4, 0.5) is 0 Å². The van der Waals surface area contributed by atoms with E-state index in [-0.39, 0.29) is 4.21 Å². The molecular weight excluding hydrogens is 372 g/mol. The maximum Gasteiger partial charge on any atom is 0.294 e. The van der Waals surface area contributed by atoms with E-state index in [1.54, 1.807) is 10.6 Å². The molecule has 0 atom stereocenters. The maximum absolute atomic E-state index is 12.4. The number of hydrogen-bond acceptors (Lipinski definition) is 4. The van der Waals surface area contributed by atoms with Crippen LogP contribution >= 0.6 is 34.3 Å². The fourth-order valence-corrected chi connectivity index (χ4v) is 5.94. The molecule has 0 aliphatic heterocycles. The number of sulfonamides is 1. The number of nitrogens with zero attached hydrogens (tertiary/aromatic N) is 2. The van der Waals surface area contributed by atoms with Crippen molar-refractivity contribution in [3.05, 3.63) is 45.0 Å². The number of rotatable bonds is 3. The maximum atomic E-state index is 12.4. The van der Waals surface area contributed by atoms with Gasteiger partial charge in [0, 0.05) is 7.05 Å². The summed E-state index contributed by atoms with van der Waals surface area (Å²) in [4.78, 5) is 0.449. The third kappa shape index (κ3) is 3.24. The first-order valence-corrected chi connectivity index (χ1v) is 10.4. The van der Waals surface area contributed by atoms with E-state index < -0.39 is 10.0 Å². The van der Waals surface area contributed by atoms with Crippen LogP contribution in [0.15, 0.2) is 38.9 Å². The molecule has 2 heterocycles. The first-order chi connectivity index (χ1) is 10.8. The van der Waals surface area contributed by atoms with Crippen molar-refractivity contribution in [3.63, 3.8) is 0 Å². The van der Waals surface area contributed by atoms with E-state index in [1.165, 1.54) is 23.0 Å². The summed E-state index contributed by atoms with van der Waals surface area (Å²) in [5.74, 6) is 0.421. The van der Waals surface area contributed by atoms with Crippen LogP contribution in [0.25, 0.3) is 10.2 Å². The van der Waals surface area contributed by atoms with Crippen molar-refractivity contribution < 1.29 is 8.42 Å². The van der Waals surface area contributed by atoms with Crippen LogP contribution < -0.4 is 4.80 Å². The Morgan fingerprint density at radius 1 is 1.17 bits per heavy atom. The first-order valence-electron chi connectivity index (χ1n) is 6.94. The summed E-state index contributed by atoms with van der Waals surface area (Å²) in [6.07, 6.45) is 0. The Kier molecular flexibility index (Phi) is 4.39. The zero-order valence-corrected chi connectivity index (χ0v) is 16.0. The number of aromatic nitrogens is 1. The lowest BCUT2D eigenvalue weighted by atomic mass is 10.0. The molecule has 0 N–H and O–H groups in total. The summed E-state index contributed by atoms with van der Waals surface area (Å²) in [7, 11) is -1.92. The van der Waals surface area contributed by atoms with Gasteiger partial charge < -0.3 is 4.57 Å². The Bertz CT molecular complexity index is 1040. The molecule has 0 aliphatic rings. The quantitative estimate of drug-likeness (QED) is 0.671. The monoisotopic (exact) mass is 386 g/mol. The van der Waals surface area contributed by atoms with Crippen molar-refractivity contribution >= 4 is 54.5 Å². The van der Waals surface area contributed by atoms with Gasteiger partial charge in [-0.15, -0.1) is 15.7 Å². The number of hydrogen-bond donors (Lipinski definition) is 0. The van der Waals surface area contributed by atoms with E-state index >= 15 is 0 Å². The lowest BCUT2D eigenvalue weighted by Crippen LogP contribution is -2.13. The number of benzene rings is 1. The molecule has 122 valence electrons. The van der Waals surface area contributed by atoms with Crippen LogP contribution in [0.3, 0.4) is 0 Å². The summed E-state index contributed by atoms with van der Waals surface area (Å²) in [5.41, 5.74) is 2.19. The Labute approximate surface area is 147 Å². The molecular formula is C15H15ClN2O2S3. The Morgan fingerprint density at radius 2 is 1.91 bits per heavy atom. The van der Waals surface area contributed by atoms with Crippen LogP contribution in [0.5, 0.6) is 0 Å². The fourth-order valence-electron chi connectivity index (χ4n) is 2.18. The smallest absolute Gasteiger partial charge is 0.294 e. The van der Waals surface area contributed by atoms with Crippen molar-refractivity contribution in [1.29, 1.82) is 0 Å². The largest absolute Gasteiger partial charge is 0.319 e. The number of halogens is 1. The van der Waals surface area contributed by atoms with Crippen molar-refractivity contribution in [2.45, 2.75) is 24.0 Å². The van der Waals surface area contributed by atoms with Crippen molar-refractivity contribution in [3.8, 4) is 0 Å². The second-order valence-electron chi connectivity index (χ2n) is 5.45. The molecule has 4 nitrogen and oxygen atoms in total. The normalized spacial score (nSPS) is 13.3. The highest BCUT2D eigenvalue weighted by Crippen LogP contribution is 2.27. The van der Waals surface area contributed by atoms with Crippen LogP contribution in [-0.2, 0) is 17.1 Å². The second kappa shape index (κ2) is 6.05. The second-order valence-corrected chi connectivity index (χ2v) is 10.0. The standard InChI is InChI=1S/C15H15ClN2O2S3/c1-9(2)10-4-5-11-12(8-10)21-15(18(11)3)17-23(19,20)14-7-6-13(16)22-14/h4-9H,1-3H3/b17-15-. The predicted octanol–water partition coefficient (Wildman–Crippen LogP) is 4.37. The SMILES string of the molecule is CC(C)c1ccc2c(c1)s/c(=N\S(=O)(=O)c1ccc(Cl)s1)n2C. The predicted molar refractivity (Wildman–Crippen MR) is 97.0 cm³/mol. The molecule has 0 amide bonds. The Morgan fingerprint density at radius 3 is 2.52 bits per heavy atom. The zero-order chi connectivity index (χ0) is 16.8. The van der Waals surface area contributed by atoms with Crippen LogP contribution in [0.2, 0.25) is 4.34 Å². The molecule has 2 aromatic heterocycles. The summed E-state index contributed by atoms with van der Waals surface area (Å²) >= 11 is 8.21. The topological polar surface area (TPSA) is 51.4 Å². The van der Waals surface area contributed by atoms with Gasteiger partial charge in [0.15, 0.2) is 0 Å². The molecule has 0 saturated heterocycles. The average molecular weight is 387 g/mol. The van der Waals surface area contributed by atoms with Gasteiger partial charge in [0.2, 0.25) is 4.80 Å². The van der Waals surface area contributed by atoms with Crippen LogP contribution in [0, 0.1) is 0 Å². The van der Waals surface area contributed by atoms with Gasteiger partial charge in [0.05, 0.1) is 14.6 Å². The van der Waals surface area contributed by atoms with E-state index in [2.05, 4.69) is 30.4 Å². The third-order valence-corrected chi connectivity index (χ3v) is 7.68. The molecule has 3 rings (SSSR count). The lowest BCUT2D eigenvalue weighted by molar-refractivity contribution is 0.598. The molecule has 3 aromatic rings. The molecule has 0 saturated carbocycles. The van der Waals surface area contributed by atoms with Crippen molar-refractivity contribution in [2.24, 2.45) is 11.4 Å². The molecule has 0 spiro atoms. The lowest BCUT2D eigenvalue weighted by Gasteiger charge is -2.04. The molecule has 0 aliphatic carbocycles. The van der Waals surface area contributed by atoms with E-state index in [1.807, 2.05) is 13.1 Å². The molecule has 0 bridgehead atoms. The molecule has 0 fully saturated rings. The van der Waals surface area contributed by atoms with E-state index in [0.29, 0.717) is 15.1 Å². The van der Waals surface area contributed by atoms with E-state index in [4.69, 9.17) is 11.6 Å². The molecule has 23 heavy (non-hydrogen) atoms. The highest BCUT2D eigenvalue weighted by Gasteiger charge is 2.16. The van der Waals surface area contributed by atoms with Gasteiger partial charge in [-0.05, 0) is 35.7 Å². The number of thiazole rings is 1. The van der Waals surface area contributed by atoms with Gasteiger partial charge >= 0.3 is 0 Å². The van der Waals surface area contributed by atoms with E-state index in [9.17, 15) is 8.42 Å². The highest BCUT2D eigenvalue weighted by atomic mass is 35.5. The van der Waals surface area contributed by atoms with Gasteiger partial charge in [-0.3, -0.25) is 0 Å². The summed E-state index contributed by atoms with van der Waals surface area (Å²) in [5, 5.41) is 0. The highest BCUT2D eigenvalue weighted by molar-refractivity contribution is 7.92. The Hall–Kier alpha value is -1.15. The minimum absolute atomic E-state index is 0.155. The molecule has 8 heteroatoms.